The lowest BCUT2D eigenvalue weighted by molar-refractivity contribution is -0.144. The fourth-order valence-corrected chi connectivity index (χ4v) is 7.48. The molecule has 2 saturated carbocycles. The second kappa shape index (κ2) is 16.6. The first-order valence-electron chi connectivity index (χ1n) is 19.3. The van der Waals surface area contributed by atoms with Crippen molar-refractivity contribution in [3.05, 3.63) is 29.8 Å². The summed E-state index contributed by atoms with van der Waals surface area (Å²) in [7, 11) is 1.59. The fraction of sp³-hybridized carbons (Fsp3) is 0.667. The zero-order valence-corrected chi connectivity index (χ0v) is 32.0. The molecule has 6 rings (SSSR count). The van der Waals surface area contributed by atoms with Crippen molar-refractivity contribution in [2.75, 3.05) is 26.9 Å². The van der Waals surface area contributed by atoms with Gasteiger partial charge in [-0.05, 0) is 74.6 Å². The highest BCUT2D eigenvalue weighted by molar-refractivity contribution is 6.38. The van der Waals surface area contributed by atoms with Crippen LogP contribution in [0.2, 0.25) is 0 Å². The molecule has 15 heteroatoms. The Bertz CT molecular complexity index is 1610. The summed E-state index contributed by atoms with van der Waals surface area (Å²) < 4.78 is 22.8. The SMILES string of the molecule is CCC[C@H](NC(=O)[C@@H]1C[C@]2(C=C(c3ccc(OC)c(OC4CCCC4)c3)NO2)CN1C(=O)[C@@H](NC(=O)O[C@H]1CCOC1)C(C)(C)C)C(=O)C(=O)NC1CC1. The molecule has 3 heterocycles. The van der Waals surface area contributed by atoms with Gasteiger partial charge in [-0.3, -0.25) is 29.5 Å². The second-order valence-corrected chi connectivity index (χ2v) is 16.2. The lowest BCUT2D eigenvalue weighted by atomic mass is 9.85. The first kappa shape index (κ1) is 39.3. The number of hydrogen-bond donors (Lipinski definition) is 4. The summed E-state index contributed by atoms with van der Waals surface area (Å²) in [5.41, 5.74) is 2.44. The summed E-state index contributed by atoms with van der Waals surface area (Å²) in [5.74, 6) is -1.37. The molecule has 5 atom stereocenters. The van der Waals surface area contributed by atoms with Crippen LogP contribution in [-0.4, -0.2) is 103 Å². The van der Waals surface area contributed by atoms with Gasteiger partial charge in [-0.2, -0.15) is 0 Å². The van der Waals surface area contributed by atoms with Gasteiger partial charge in [-0.1, -0.05) is 34.1 Å². The van der Waals surface area contributed by atoms with Gasteiger partial charge in [-0.25, -0.2) is 4.79 Å². The van der Waals surface area contributed by atoms with Gasteiger partial charge in [0.05, 0.1) is 44.7 Å². The van der Waals surface area contributed by atoms with Crippen molar-refractivity contribution >= 4 is 35.3 Å². The molecule has 4 fully saturated rings. The third-order valence-corrected chi connectivity index (χ3v) is 10.7. The molecule has 4 N–H and O–H groups in total. The minimum Gasteiger partial charge on any atom is -0.493 e. The van der Waals surface area contributed by atoms with Gasteiger partial charge in [0.15, 0.2) is 11.5 Å². The van der Waals surface area contributed by atoms with Crippen LogP contribution in [0.15, 0.2) is 24.3 Å². The number of carbonyl (C=O) groups is 5. The van der Waals surface area contributed by atoms with E-state index < -0.39 is 64.8 Å². The van der Waals surface area contributed by atoms with Crippen LogP contribution in [0.4, 0.5) is 4.79 Å². The van der Waals surface area contributed by atoms with Crippen LogP contribution in [0.1, 0.15) is 97.5 Å². The molecule has 0 bridgehead atoms. The Labute approximate surface area is 316 Å². The van der Waals surface area contributed by atoms with E-state index in [0.29, 0.717) is 36.6 Å². The Balaban J connectivity index is 1.27. The third-order valence-electron chi connectivity index (χ3n) is 10.7. The van der Waals surface area contributed by atoms with Gasteiger partial charge in [0.2, 0.25) is 17.6 Å². The fourth-order valence-electron chi connectivity index (χ4n) is 7.48. The molecule has 1 aromatic rings. The normalized spacial score (nSPS) is 25.1. The highest BCUT2D eigenvalue weighted by Crippen LogP contribution is 2.41. The lowest BCUT2D eigenvalue weighted by Gasteiger charge is -2.35. The molecule has 2 aliphatic carbocycles. The number of carbonyl (C=O) groups excluding carboxylic acids is 5. The third kappa shape index (κ3) is 9.28. The largest absolute Gasteiger partial charge is 0.493 e. The molecule has 1 spiro atoms. The number of benzene rings is 1. The van der Waals surface area contributed by atoms with E-state index in [1.54, 1.807) is 7.11 Å². The Kier molecular flexibility index (Phi) is 12.1. The number of Topliss-reactive ketones (excluding diaryl/α,β-unsaturated/α-hetero) is 1. The van der Waals surface area contributed by atoms with E-state index in [2.05, 4.69) is 21.4 Å². The van der Waals surface area contributed by atoms with E-state index in [4.69, 9.17) is 23.8 Å². The van der Waals surface area contributed by atoms with Crippen molar-refractivity contribution < 1.29 is 47.8 Å². The molecular weight excluding hydrogens is 698 g/mol. The minimum atomic E-state index is -1.16. The maximum absolute atomic E-state index is 14.6. The van der Waals surface area contributed by atoms with Crippen LogP contribution in [0.3, 0.4) is 0 Å². The van der Waals surface area contributed by atoms with Gasteiger partial charge < -0.3 is 39.8 Å². The number of ether oxygens (including phenoxy) is 4. The monoisotopic (exact) mass is 753 g/mol. The number of rotatable bonds is 14. The number of amides is 4. The standard InChI is InChI=1S/C39H55N5O10/c1-6-9-27(32(45)35(47)40-24-13-14-24)41-34(46)29-20-39(22-44(29)36(48)33(38(2,3)4)42-37(49)53-26-16-17-51-21-26)19-28(43-54-39)23-12-15-30(50-5)31(18-23)52-25-10-7-8-11-25/h12,15,18-19,24-27,29,33,43H,6-11,13-14,16-17,20-22H2,1-5H3,(H,40,47)(H,41,46)(H,42,49)/t26-,27-,29-,33+,39+/m0/s1. The van der Waals surface area contributed by atoms with Gasteiger partial charge in [0.25, 0.3) is 5.91 Å². The molecule has 0 aromatic heterocycles. The van der Waals surface area contributed by atoms with Crippen molar-refractivity contribution in [1.82, 2.24) is 26.3 Å². The van der Waals surface area contributed by atoms with Crippen LogP contribution in [0.5, 0.6) is 11.5 Å². The Hall–Kier alpha value is -4.37. The zero-order valence-electron chi connectivity index (χ0n) is 32.0. The number of methoxy groups -OCH3 is 1. The first-order valence-corrected chi connectivity index (χ1v) is 19.3. The number of nitrogens with one attached hydrogen (secondary N) is 4. The van der Waals surface area contributed by atoms with Crippen LogP contribution in [0.25, 0.3) is 5.70 Å². The minimum absolute atomic E-state index is 0.0269. The molecular formula is C39H55N5O10. The predicted octanol–water partition coefficient (Wildman–Crippen LogP) is 3.29. The smallest absolute Gasteiger partial charge is 0.408 e. The van der Waals surface area contributed by atoms with Crippen molar-refractivity contribution in [1.29, 1.82) is 0 Å². The molecule has 15 nitrogen and oxygen atoms in total. The summed E-state index contributed by atoms with van der Waals surface area (Å²) in [6.45, 7) is 7.99. The maximum atomic E-state index is 14.6. The van der Waals surface area contributed by atoms with Gasteiger partial charge in [-0.15, -0.1) is 0 Å². The van der Waals surface area contributed by atoms with Crippen molar-refractivity contribution in [3.8, 4) is 11.5 Å². The Morgan fingerprint density at radius 3 is 2.43 bits per heavy atom. The van der Waals surface area contributed by atoms with E-state index in [1.165, 1.54) is 4.90 Å². The molecule has 0 radical (unpaired) electrons. The van der Waals surface area contributed by atoms with E-state index in [0.717, 1.165) is 44.1 Å². The van der Waals surface area contributed by atoms with Gasteiger partial charge in [0.1, 0.15) is 23.8 Å². The second-order valence-electron chi connectivity index (χ2n) is 16.2. The summed E-state index contributed by atoms with van der Waals surface area (Å²) >= 11 is 0. The summed E-state index contributed by atoms with van der Waals surface area (Å²) in [4.78, 5) is 75.6. The quantitative estimate of drug-likeness (QED) is 0.205. The summed E-state index contributed by atoms with van der Waals surface area (Å²) in [5, 5.41) is 8.26. The molecule has 54 heavy (non-hydrogen) atoms. The van der Waals surface area contributed by atoms with Crippen molar-refractivity contribution in [2.45, 2.75) is 134 Å². The zero-order chi connectivity index (χ0) is 38.6. The molecule has 4 amide bonds. The Morgan fingerprint density at radius 2 is 1.78 bits per heavy atom. The average Bonchev–Trinajstić information content (AvgIpc) is 3.58. The van der Waals surface area contributed by atoms with E-state index >= 15 is 0 Å². The highest BCUT2D eigenvalue weighted by Gasteiger charge is 2.54. The van der Waals surface area contributed by atoms with E-state index in [-0.39, 0.29) is 38.1 Å². The number of nitrogens with zero attached hydrogens (tertiary/aromatic N) is 1. The molecule has 1 aromatic carbocycles. The van der Waals surface area contributed by atoms with E-state index in [1.807, 2.05) is 52.0 Å². The highest BCUT2D eigenvalue weighted by atomic mass is 16.7. The van der Waals surface area contributed by atoms with Crippen LogP contribution in [0, 0.1) is 5.41 Å². The van der Waals surface area contributed by atoms with Gasteiger partial charge in [0, 0.05) is 24.4 Å². The van der Waals surface area contributed by atoms with Crippen LogP contribution >= 0.6 is 0 Å². The molecule has 0 unspecified atom stereocenters. The molecule has 5 aliphatic rings. The number of hydroxylamine groups is 1. The van der Waals surface area contributed by atoms with Crippen LogP contribution < -0.4 is 30.9 Å². The number of alkyl carbamates (subject to hydrolysis) is 1. The summed E-state index contributed by atoms with van der Waals surface area (Å²) in [6, 6.07) is 2.27. The first-order chi connectivity index (χ1) is 25.8. The number of likely N-dealkylation sites (tertiary alicyclic amines) is 1. The van der Waals surface area contributed by atoms with Crippen molar-refractivity contribution in [2.24, 2.45) is 5.41 Å². The maximum Gasteiger partial charge on any atom is 0.408 e. The lowest BCUT2D eigenvalue weighted by Crippen LogP contribution is -2.59. The predicted molar refractivity (Wildman–Crippen MR) is 196 cm³/mol. The summed E-state index contributed by atoms with van der Waals surface area (Å²) in [6.07, 6.45) is 7.91. The molecule has 2 saturated heterocycles. The topological polar surface area (TPSA) is 183 Å². The van der Waals surface area contributed by atoms with Gasteiger partial charge >= 0.3 is 6.09 Å². The number of hydrogen-bond acceptors (Lipinski definition) is 11. The Morgan fingerprint density at radius 1 is 1.02 bits per heavy atom. The number of ketones is 1. The van der Waals surface area contributed by atoms with Crippen LogP contribution in [-0.2, 0) is 33.5 Å². The average molecular weight is 754 g/mol. The molecule has 296 valence electrons. The molecule has 3 aliphatic heterocycles. The van der Waals surface area contributed by atoms with E-state index in [9.17, 15) is 24.0 Å². The van der Waals surface area contributed by atoms with Crippen molar-refractivity contribution in [3.63, 3.8) is 0 Å².